The Morgan fingerprint density at radius 1 is 1.00 bits per heavy atom. The first kappa shape index (κ1) is 22.4. The van der Waals surface area contributed by atoms with Gasteiger partial charge in [-0.15, -0.1) is 0 Å². The van der Waals surface area contributed by atoms with E-state index in [-0.39, 0.29) is 0 Å². The summed E-state index contributed by atoms with van der Waals surface area (Å²) in [5, 5.41) is 14.8. The van der Waals surface area contributed by atoms with Gasteiger partial charge in [-0.2, -0.15) is 12.6 Å². The molecule has 7 nitrogen and oxygen atoms in total. The van der Waals surface area contributed by atoms with Crippen molar-refractivity contribution in [2.45, 2.75) is 30.6 Å². The van der Waals surface area contributed by atoms with Gasteiger partial charge in [-0.25, -0.2) is 0 Å². The number of rotatable bonds is 10. The molecule has 1 aromatic heterocycles. The predicted octanol–water partition coefficient (Wildman–Crippen LogP) is 2.33. The molecule has 0 spiro atoms. The molecule has 31 heavy (non-hydrogen) atoms. The minimum atomic E-state index is -1.17. The number of benzene rings is 2. The third-order valence-electron chi connectivity index (χ3n) is 4.95. The first-order chi connectivity index (χ1) is 14.9. The van der Waals surface area contributed by atoms with Gasteiger partial charge < -0.3 is 20.7 Å². The summed E-state index contributed by atoms with van der Waals surface area (Å²) in [5.74, 6) is -2.18. The SMILES string of the molecule is O=C(O)CC(NC(=O)[C@@H](S)Cc1ccccc1)C(=O)NCCc1c[nH]c2ccccc12. The highest BCUT2D eigenvalue weighted by atomic mass is 32.1. The van der Waals surface area contributed by atoms with Crippen molar-refractivity contribution in [3.8, 4) is 0 Å². The molecular formula is C23H25N3O4S. The molecule has 2 amide bonds. The Labute approximate surface area is 185 Å². The van der Waals surface area contributed by atoms with Crippen LogP contribution in [-0.2, 0) is 27.2 Å². The van der Waals surface area contributed by atoms with Crippen LogP contribution in [0.25, 0.3) is 10.9 Å². The van der Waals surface area contributed by atoms with Gasteiger partial charge in [0, 0.05) is 23.6 Å². The van der Waals surface area contributed by atoms with Crippen molar-refractivity contribution in [1.29, 1.82) is 0 Å². The van der Waals surface area contributed by atoms with E-state index in [9.17, 15) is 14.4 Å². The van der Waals surface area contributed by atoms with Crippen molar-refractivity contribution in [3.05, 3.63) is 71.9 Å². The van der Waals surface area contributed by atoms with Gasteiger partial charge in [0.25, 0.3) is 0 Å². The van der Waals surface area contributed by atoms with Crippen molar-refractivity contribution in [2.24, 2.45) is 0 Å². The van der Waals surface area contributed by atoms with E-state index in [4.69, 9.17) is 5.11 Å². The number of amides is 2. The number of carbonyl (C=O) groups excluding carboxylic acids is 2. The largest absolute Gasteiger partial charge is 0.481 e. The first-order valence-corrected chi connectivity index (χ1v) is 10.5. The van der Waals surface area contributed by atoms with Gasteiger partial charge in [0.15, 0.2) is 0 Å². The smallest absolute Gasteiger partial charge is 0.305 e. The number of aromatic nitrogens is 1. The molecule has 162 valence electrons. The van der Waals surface area contributed by atoms with Gasteiger partial charge in [-0.3, -0.25) is 14.4 Å². The Hall–Kier alpha value is -3.26. The van der Waals surface area contributed by atoms with Gasteiger partial charge in [0.2, 0.25) is 11.8 Å². The quantitative estimate of drug-likeness (QED) is 0.312. The number of carboxylic acids is 1. The second-order valence-electron chi connectivity index (χ2n) is 7.27. The Balaban J connectivity index is 1.55. The van der Waals surface area contributed by atoms with Crippen LogP contribution in [0, 0.1) is 0 Å². The number of thiol groups is 1. The summed E-state index contributed by atoms with van der Waals surface area (Å²) in [7, 11) is 0. The lowest BCUT2D eigenvalue weighted by Crippen LogP contribution is -2.50. The molecule has 0 aliphatic carbocycles. The predicted molar refractivity (Wildman–Crippen MR) is 122 cm³/mol. The Kier molecular flexibility index (Phi) is 7.72. The number of nitrogens with one attached hydrogen (secondary N) is 3. The van der Waals surface area contributed by atoms with Crippen molar-refractivity contribution < 1.29 is 19.5 Å². The third kappa shape index (κ3) is 6.36. The molecule has 0 bridgehead atoms. The summed E-state index contributed by atoms with van der Waals surface area (Å²) in [5.41, 5.74) is 2.99. The maximum absolute atomic E-state index is 12.6. The molecule has 8 heteroatoms. The van der Waals surface area contributed by atoms with Crippen molar-refractivity contribution in [2.75, 3.05) is 6.54 Å². The van der Waals surface area contributed by atoms with E-state index in [0.29, 0.717) is 19.4 Å². The van der Waals surface area contributed by atoms with Crippen molar-refractivity contribution >= 4 is 41.3 Å². The Morgan fingerprint density at radius 3 is 2.45 bits per heavy atom. The molecule has 0 aliphatic heterocycles. The lowest BCUT2D eigenvalue weighted by atomic mass is 10.1. The highest BCUT2D eigenvalue weighted by molar-refractivity contribution is 7.81. The highest BCUT2D eigenvalue weighted by Gasteiger charge is 2.26. The lowest BCUT2D eigenvalue weighted by molar-refractivity contribution is -0.140. The van der Waals surface area contributed by atoms with Crippen LogP contribution in [-0.4, -0.2) is 45.7 Å². The molecule has 0 fully saturated rings. The summed E-state index contributed by atoms with van der Waals surface area (Å²) in [6.45, 7) is 0.320. The minimum absolute atomic E-state index is 0.320. The van der Waals surface area contributed by atoms with Crippen molar-refractivity contribution in [3.63, 3.8) is 0 Å². The van der Waals surface area contributed by atoms with Crippen LogP contribution in [0.1, 0.15) is 17.5 Å². The van der Waals surface area contributed by atoms with E-state index in [1.165, 1.54) is 0 Å². The van der Waals surface area contributed by atoms with Gasteiger partial charge in [0.1, 0.15) is 6.04 Å². The average molecular weight is 440 g/mol. The number of hydrogen-bond donors (Lipinski definition) is 5. The maximum atomic E-state index is 12.6. The van der Waals surface area contributed by atoms with E-state index >= 15 is 0 Å². The van der Waals surface area contributed by atoms with Crippen LogP contribution in [0.5, 0.6) is 0 Å². The molecular weight excluding hydrogens is 414 g/mol. The molecule has 0 aliphatic rings. The molecule has 0 saturated carbocycles. The Morgan fingerprint density at radius 2 is 1.71 bits per heavy atom. The summed E-state index contributed by atoms with van der Waals surface area (Å²) >= 11 is 4.32. The van der Waals surface area contributed by atoms with E-state index in [1.807, 2.05) is 60.8 Å². The van der Waals surface area contributed by atoms with Crippen molar-refractivity contribution in [1.82, 2.24) is 15.6 Å². The molecule has 1 heterocycles. The zero-order valence-electron chi connectivity index (χ0n) is 16.9. The van der Waals surface area contributed by atoms with E-state index in [1.54, 1.807) is 0 Å². The van der Waals surface area contributed by atoms with E-state index in [2.05, 4.69) is 28.2 Å². The average Bonchev–Trinajstić information content (AvgIpc) is 3.16. The topological polar surface area (TPSA) is 111 Å². The minimum Gasteiger partial charge on any atom is -0.481 e. The monoisotopic (exact) mass is 439 g/mol. The summed E-state index contributed by atoms with van der Waals surface area (Å²) in [4.78, 5) is 39.4. The van der Waals surface area contributed by atoms with Crippen LogP contribution in [0.3, 0.4) is 0 Å². The summed E-state index contributed by atoms with van der Waals surface area (Å²) in [6, 6.07) is 16.0. The van der Waals surface area contributed by atoms with Crippen LogP contribution in [0.4, 0.5) is 0 Å². The molecule has 3 rings (SSSR count). The van der Waals surface area contributed by atoms with E-state index in [0.717, 1.165) is 22.0 Å². The summed E-state index contributed by atoms with van der Waals surface area (Å²) < 4.78 is 0. The van der Waals surface area contributed by atoms with Crippen LogP contribution >= 0.6 is 12.6 Å². The fourth-order valence-corrected chi connectivity index (χ4v) is 3.65. The number of hydrogen-bond acceptors (Lipinski definition) is 4. The van der Waals surface area contributed by atoms with Gasteiger partial charge in [0.05, 0.1) is 11.7 Å². The first-order valence-electron chi connectivity index (χ1n) is 10.0. The summed E-state index contributed by atoms with van der Waals surface area (Å²) in [6.07, 6.45) is 2.34. The lowest BCUT2D eigenvalue weighted by Gasteiger charge is -2.19. The second-order valence-corrected chi connectivity index (χ2v) is 7.89. The number of fused-ring (bicyclic) bond motifs is 1. The molecule has 2 atom stereocenters. The number of carboxylic acid groups (broad SMARTS) is 1. The molecule has 1 unspecified atom stereocenters. The number of H-pyrrole nitrogens is 1. The zero-order chi connectivity index (χ0) is 22.2. The molecule has 0 saturated heterocycles. The molecule has 2 aromatic carbocycles. The van der Waals surface area contributed by atoms with Gasteiger partial charge in [-0.1, -0.05) is 48.5 Å². The maximum Gasteiger partial charge on any atom is 0.305 e. The zero-order valence-corrected chi connectivity index (χ0v) is 17.8. The van der Waals surface area contributed by atoms with Gasteiger partial charge in [-0.05, 0) is 30.0 Å². The molecule has 0 radical (unpaired) electrons. The standard InChI is InChI=1S/C23H25N3O4S/c27-21(28)13-19(26-23(30)20(31)12-15-6-2-1-3-7-15)22(29)24-11-10-16-14-25-18-9-5-4-8-17(16)18/h1-9,14,19-20,25,31H,10-13H2,(H,24,29)(H,26,30)(H,27,28)/t19?,20-/m0/s1. The van der Waals surface area contributed by atoms with Gasteiger partial charge >= 0.3 is 5.97 Å². The Bertz CT molecular complexity index is 1050. The number of aliphatic carboxylic acids is 1. The fourth-order valence-electron chi connectivity index (χ4n) is 3.36. The normalized spacial score (nSPS) is 12.8. The number of carbonyl (C=O) groups is 3. The number of aromatic amines is 1. The third-order valence-corrected chi connectivity index (χ3v) is 5.37. The number of para-hydroxylation sites is 1. The van der Waals surface area contributed by atoms with Crippen LogP contribution in [0.15, 0.2) is 60.8 Å². The second kappa shape index (κ2) is 10.7. The highest BCUT2D eigenvalue weighted by Crippen LogP contribution is 2.17. The fraction of sp³-hybridized carbons (Fsp3) is 0.261. The molecule has 4 N–H and O–H groups in total. The van der Waals surface area contributed by atoms with Crippen LogP contribution in [0.2, 0.25) is 0 Å². The molecule has 3 aromatic rings. The van der Waals surface area contributed by atoms with E-state index < -0.39 is 35.5 Å². The van der Waals surface area contributed by atoms with Crippen LogP contribution < -0.4 is 10.6 Å².